The Balaban J connectivity index is 2.48. The predicted octanol–water partition coefficient (Wildman–Crippen LogP) is 3.00. The normalized spacial score (nSPS) is 25.1. The number of hydrogen-bond donors (Lipinski definition) is 1. The lowest BCUT2D eigenvalue weighted by Gasteiger charge is -2.49. The molecule has 1 heterocycles. The zero-order valence-electron chi connectivity index (χ0n) is 11.8. The fourth-order valence-electron chi connectivity index (χ4n) is 4.06. The molecule has 1 aliphatic carbocycles. The quantitative estimate of drug-likeness (QED) is 0.866. The molecule has 4 nitrogen and oxygen atoms in total. The predicted molar refractivity (Wildman–Crippen MR) is 74.0 cm³/mol. The Kier molecular flexibility index (Phi) is 3.14. The van der Waals surface area contributed by atoms with E-state index in [0.717, 1.165) is 25.0 Å². The molecule has 18 heavy (non-hydrogen) atoms. The summed E-state index contributed by atoms with van der Waals surface area (Å²) in [4.78, 5) is 0. The molecule has 1 aromatic heterocycles. The molecule has 0 bridgehead atoms. The molecule has 0 atom stereocenters. The minimum absolute atomic E-state index is 0.111. The molecule has 1 N–H and O–H groups in total. The first kappa shape index (κ1) is 14.0. The molecule has 1 aliphatic rings. The number of hydrogen-bond acceptors (Lipinski definition) is 3. The molecule has 5 heteroatoms. The first-order valence-corrected chi connectivity index (χ1v) is 7.12. The molecule has 1 fully saturated rings. The van der Waals surface area contributed by atoms with Crippen LogP contribution in [-0.2, 0) is 12.6 Å². The number of nitrogens with zero attached hydrogens (tertiary/aromatic N) is 3. The minimum atomic E-state index is -0.859. The van der Waals surface area contributed by atoms with Crippen molar-refractivity contribution in [3.63, 3.8) is 0 Å². The summed E-state index contributed by atoms with van der Waals surface area (Å²) in [6.07, 6.45) is 2.59. The molecule has 102 valence electrons. The third-order valence-electron chi connectivity index (χ3n) is 3.73. The second kappa shape index (κ2) is 4.04. The summed E-state index contributed by atoms with van der Waals surface area (Å²) in [5.41, 5.74) is 0.159. The summed E-state index contributed by atoms with van der Waals surface area (Å²) >= 11 is 3.41. The van der Waals surface area contributed by atoms with Gasteiger partial charge in [0.2, 0.25) is 0 Å². The van der Waals surface area contributed by atoms with E-state index in [1.807, 2.05) is 7.05 Å². The Hall–Kier alpha value is -0.420. The third kappa shape index (κ3) is 2.48. The van der Waals surface area contributed by atoms with E-state index in [1.54, 1.807) is 4.68 Å². The largest absolute Gasteiger partial charge is 0.383 e. The molecule has 0 saturated heterocycles. The van der Waals surface area contributed by atoms with Gasteiger partial charge in [-0.2, -0.15) is 0 Å². The molecule has 0 aliphatic heterocycles. The van der Waals surface area contributed by atoms with Crippen molar-refractivity contribution in [2.75, 3.05) is 0 Å². The lowest BCUT2D eigenvalue weighted by Crippen LogP contribution is -2.45. The van der Waals surface area contributed by atoms with Crippen molar-refractivity contribution >= 4 is 15.9 Å². The Morgan fingerprint density at radius 1 is 1.11 bits per heavy atom. The van der Waals surface area contributed by atoms with Crippen molar-refractivity contribution in [3.8, 4) is 0 Å². The van der Waals surface area contributed by atoms with Gasteiger partial charge in [0.05, 0.1) is 0 Å². The average molecular weight is 316 g/mol. The van der Waals surface area contributed by atoms with Crippen LogP contribution in [0.25, 0.3) is 0 Å². The second-order valence-corrected chi connectivity index (χ2v) is 7.99. The minimum Gasteiger partial charge on any atom is -0.383 e. The van der Waals surface area contributed by atoms with E-state index in [9.17, 15) is 5.11 Å². The SMILES string of the molecule is Cn1nnc(Br)c1C1(O)CC(C)(C)CC(C)(C)C1. The fraction of sp³-hybridized carbons (Fsp3) is 0.846. The van der Waals surface area contributed by atoms with E-state index in [0.29, 0.717) is 4.60 Å². The van der Waals surface area contributed by atoms with Gasteiger partial charge >= 0.3 is 0 Å². The van der Waals surface area contributed by atoms with Crippen LogP contribution < -0.4 is 0 Å². The van der Waals surface area contributed by atoms with E-state index in [-0.39, 0.29) is 10.8 Å². The van der Waals surface area contributed by atoms with Gasteiger partial charge in [-0.15, -0.1) is 5.10 Å². The van der Waals surface area contributed by atoms with E-state index < -0.39 is 5.60 Å². The zero-order valence-corrected chi connectivity index (χ0v) is 13.4. The van der Waals surface area contributed by atoms with Gasteiger partial charge in [-0.1, -0.05) is 32.9 Å². The fourth-order valence-corrected chi connectivity index (χ4v) is 4.76. The number of rotatable bonds is 1. The summed E-state index contributed by atoms with van der Waals surface area (Å²) in [6, 6.07) is 0. The van der Waals surface area contributed by atoms with E-state index in [4.69, 9.17) is 0 Å². The van der Waals surface area contributed by atoms with Crippen LogP contribution in [0.3, 0.4) is 0 Å². The highest BCUT2D eigenvalue weighted by molar-refractivity contribution is 9.10. The van der Waals surface area contributed by atoms with Gasteiger partial charge in [0.15, 0.2) is 4.60 Å². The number of aromatic nitrogens is 3. The first-order valence-electron chi connectivity index (χ1n) is 6.33. The smallest absolute Gasteiger partial charge is 0.154 e. The number of halogens is 1. The van der Waals surface area contributed by atoms with Gasteiger partial charge in [0.25, 0.3) is 0 Å². The van der Waals surface area contributed by atoms with Gasteiger partial charge in [-0.25, -0.2) is 4.68 Å². The molecule has 2 rings (SSSR count). The average Bonchev–Trinajstić information content (AvgIpc) is 2.39. The molecule has 0 spiro atoms. The van der Waals surface area contributed by atoms with Crippen molar-refractivity contribution < 1.29 is 5.11 Å². The van der Waals surface area contributed by atoms with Crippen molar-refractivity contribution in [1.82, 2.24) is 15.0 Å². The van der Waals surface area contributed by atoms with Crippen molar-refractivity contribution in [2.24, 2.45) is 17.9 Å². The van der Waals surface area contributed by atoms with Crippen LogP contribution in [0.4, 0.5) is 0 Å². The highest BCUT2D eigenvalue weighted by Crippen LogP contribution is 2.54. The summed E-state index contributed by atoms with van der Waals surface area (Å²) < 4.78 is 2.34. The Labute approximate surface area is 117 Å². The lowest BCUT2D eigenvalue weighted by atomic mass is 9.59. The van der Waals surface area contributed by atoms with Crippen LogP contribution >= 0.6 is 15.9 Å². The molecule has 0 unspecified atom stereocenters. The highest BCUT2D eigenvalue weighted by Gasteiger charge is 2.49. The van der Waals surface area contributed by atoms with E-state index in [2.05, 4.69) is 53.9 Å². The molecule has 0 radical (unpaired) electrons. The zero-order chi connectivity index (χ0) is 13.8. The van der Waals surface area contributed by atoms with Gasteiger partial charge in [-0.05, 0) is 46.0 Å². The first-order chi connectivity index (χ1) is 8.05. The van der Waals surface area contributed by atoms with E-state index >= 15 is 0 Å². The summed E-state index contributed by atoms with van der Waals surface area (Å²) in [5.74, 6) is 0. The Bertz CT molecular complexity index is 429. The second-order valence-electron chi connectivity index (χ2n) is 7.24. The summed E-state index contributed by atoms with van der Waals surface area (Å²) in [5, 5.41) is 19.1. The van der Waals surface area contributed by atoms with Crippen LogP contribution in [-0.4, -0.2) is 20.1 Å². The molecular formula is C13H22BrN3O. The maximum atomic E-state index is 11.1. The topological polar surface area (TPSA) is 50.9 Å². The van der Waals surface area contributed by atoms with Gasteiger partial charge in [0, 0.05) is 7.05 Å². The van der Waals surface area contributed by atoms with Crippen LogP contribution in [0, 0.1) is 10.8 Å². The lowest BCUT2D eigenvalue weighted by molar-refractivity contribution is -0.0963. The Morgan fingerprint density at radius 3 is 2.00 bits per heavy atom. The van der Waals surface area contributed by atoms with Gasteiger partial charge < -0.3 is 5.11 Å². The monoisotopic (exact) mass is 315 g/mol. The molecule has 1 aromatic rings. The Morgan fingerprint density at radius 2 is 1.61 bits per heavy atom. The van der Waals surface area contributed by atoms with Gasteiger partial charge in [-0.3, -0.25) is 0 Å². The van der Waals surface area contributed by atoms with E-state index in [1.165, 1.54) is 0 Å². The van der Waals surface area contributed by atoms with Crippen LogP contribution in [0.5, 0.6) is 0 Å². The molecular weight excluding hydrogens is 294 g/mol. The molecule has 0 amide bonds. The van der Waals surface area contributed by atoms with Gasteiger partial charge in [0.1, 0.15) is 11.3 Å². The summed E-state index contributed by atoms with van der Waals surface area (Å²) in [7, 11) is 1.83. The van der Waals surface area contributed by atoms with Crippen molar-refractivity contribution in [1.29, 1.82) is 0 Å². The highest BCUT2D eigenvalue weighted by atomic mass is 79.9. The third-order valence-corrected chi connectivity index (χ3v) is 4.26. The molecule has 0 aromatic carbocycles. The maximum Gasteiger partial charge on any atom is 0.154 e. The van der Waals surface area contributed by atoms with Crippen LogP contribution in [0.1, 0.15) is 52.7 Å². The molecule has 1 saturated carbocycles. The summed E-state index contributed by atoms with van der Waals surface area (Å²) in [6.45, 7) is 8.88. The van der Waals surface area contributed by atoms with Crippen LogP contribution in [0.2, 0.25) is 0 Å². The number of aryl methyl sites for hydroxylation is 1. The van der Waals surface area contributed by atoms with Crippen LogP contribution in [0.15, 0.2) is 4.60 Å². The van der Waals surface area contributed by atoms with Crippen molar-refractivity contribution in [2.45, 2.75) is 52.6 Å². The maximum absolute atomic E-state index is 11.1. The van der Waals surface area contributed by atoms with Crippen molar-refractivity contribution in [3.05, 3.63) is 10.3 Å². The number of aliphatic hydroxyl groups is 1. The standard InChI is InChI=1S/C13H22BrN3O/c1-11(2)6-12(3,4)8-13(18,7-11)9-10(14)15-16-17(9)5/h18H,6-8H2,1-5H3.